The molecule has 1 aromatic heterocycles. The second kappa shape index (κ2) is 8.17. The summed E-state index contributed by atoms with van der Waals surface area (Å²) < 4.78 is 6.75. The number of carbonyl (C=O) groups is 1. The van der Waals surface area contributed by atoms with Crippen molar-refractivity contribution in [2.24, 2.45) is 23.2 Å². The SMILES string of the molecule is CCOc1nn(CC(=O)NC(C)C)c(=O)c(Cl)c1N[C@@H]1C[C@H]2C[C@@H]([C@H]1C)C2(C)C. The first-order valence-electron chi connectivity index (χ1n) is 10.6. The molecule has 29 heavy (non-hydrogen) atoms. The maximum absolute atomic E-state index is 12.8. The molecule has 8 heteroatoms. The molecule has 1 amide bonds. The number of aromatic nitrogens is 2. The number of rotatable bonds is 7. The number of fused-ring (bicyclic) bond motifs is 2. The lowest BCUT2D eigenvalue weighted by Crippen LogP contribution is -2.58. The summed E-state index contributed by atoms with van der Waals surface area (Å²) in [7, 11) is 0. The zero-order chi connectivity index (χ0) is 21.5. The van der Waals surface area contributed by atoms with Gasteiger partial charge >= 0.3 is 0 Å². The van der Waals surface area contributed by atoms with E-state index >= 15 is 0 Å². The Kier molecular flexibility index (Phi) is 6.18. The number of nitrogens with zero attached hydrogens (tertiary/aromatic N) is 2. The van der Waals surface area contributed by atoms with E-state index in [1.807, 2.05) is 20.8 Å². The van der Waals surface area contributed by atoms with E-state index in [1.165, 1.54) is 6.42 Å². The predicted octanol–water partition coefficient (Wildman–Crippen LogP) is 3.30. The lowest BCUT2D eigenvalue weighted by Gasteiger charge is -2.62. The number of hydrogen-bond donors (Lipinski definition) is 2. The van der Waals surface area contributed by atoms with Gasteiger partial charge in [0.15, 0.2) is 0 Å². The maximum atomic E-state index is 12.8. The van der Waals surface area contributed by atoms with Crippen molar-refractivity contribution in [1.29, 1.82) is 0 Å². The molecule has 0 spiro atoms. The van der Waals surface area contributed by atoms with Crippen LogP contribution in [0.1, 0.15) is 54.4 Å². The number of amides is 1. The van der Waals surface area contributed by atoms with E-state index in [9.17, 15) is 9.59 Å². The first-order chi connectivity index (χ1) is 13.6. The highest BCUT2D eigenvalue weighted by Crippen LogP contribution is 2.61. The minimum Gasteiger partial charge on any atom is -0.475 e. The Hall–Kier alpha value is -1.76. The largest absolute Gasteiger partial charge is 0.475 e. The molecule has 0 unspecified atom stereocenters. The number of ether oxygens (including phenoxy) is 1. The number of carbonyl (C=O) groups excluding carboxylic acids is 1. The Labute approximate surface area is 177 Å². The number of nitrogens with one attached hydrogen (secondary N) is 2. The number of hydrogen-bond acceptors (Lipinski definition) is 5. The lowest BCUT2D eigenvalue weighted by molar-refractivity contribution is -0.122. The van der Waals surface area contributed by atoms with Gasteiger partial charge < -0.3 is 15.4 Å². The van der Waals surface area contributed by atoms with E-state index in [4.69, 9.17) is 16.3 Å². The number of halogens is 1. The van der Waals surface area contributed by atoms with Gasteiger partial charge in [-0.3, -0.25) is 9.59 Å². The van der Waals surface area contributed by atoms with Gasteiger partial charge in [-0.05, 0) is 56.8 Å². The molecule has 4 atom stereocenters. The molecule has 3 aliphatic rings. The molecule has 1 aromatic rings. The average Bonchev–Trinajstić information content (AvgIpc) is 2.62. The van der Waals surface area contributed by atoms with E-state index in [1.54, 1.807) is 0 Å². The third-order valence-corrected chi connectivity index (χ3v) is 7.13. The fourth-order valence-corrected chi connectivity index (χ4v) is 5.25. The van der Waals surface area contributed by atoms with E-state index in [-0.39, 0.29) is 35.4 Å². The van der Waals surface area contributed by atoms with Gasteiger partial charge in [-0.1, -0.05) is 32.4 Å². The minimum atomic E-state index is -0.495. The Bertz CT molecular complexity index is 836. The molecule has 0 radical (unpaired) electrons. The third-order valence-electron chi connectivity index (χ3n) is 6.78. The van der Waals surface area contributed by atoms with Crippen LogP contribution in [0.5, 0.6) is 5.88 Å². The van der Waals surface area contributed by atoms with Gasteiger partial charge in [-0.2, -0.15) is 0 Å². The highest BCUT2D eigenvalue weighted by atomic mass is 35.5. The van der Waals surface area contributed by atoms with Crippen LogP contribution in [0.25, 0.3) is 0 Å². The molecular weight excluding hydrogens is 392 g/mol. The summed E-state index contributed by atoms with van der Waals surface area (Å²) in [6.45, 7) is 12.7. The summed E-state index contributed by atoms with van der Waals surface area (Å²) in [5, 5.41) is 10.5. The van der Waals surface area contributed by atoms with Crippen molar-refractivity contribution in [2.45, 2.75) is 73.0 Å². The van der Waals surface area contributed by atoms with Gasteiger partial charge in [-0.15, -0.1) is 5.10 Å². The van der Waals surface area contributed by atoms with Gasteiger partial charge in [0.1, 0.15) is 17.3 Å². The van der Waals surface area contributed by atoms with Crippen LogP contribution in [0, 0.1) is 23.2 Å². The monoisotopic (exact) mass is 424 g/mol. The Balaban J connectivity index is 1.86. The summed E-state index contributed by atoms with van der Waals surface area (Å²) in [5.41, 5.74) is 0.315. The number of anilines is 1. The van der Waals surface area contributed by atoms with Crippen molar-refractivity contribution in [3.8, 4) is 5.88 Å². The van der Waals surface area contributed by atoms with E-state index in [0.29, 0.717) is 35.5 Å². The lowest BCUT2D eigenvalue weighted by atomic mass is 9.45. The second-order valence-electron chi connectivity index (χ2n) is 9.32. The topological polar surface area (TPSA) is 85.2 Å². The summed E-state index contributed by atoms with van der Waals surface area (Å²) in [4.78, 5) is 24.9. The van der Waals surface area contributed by atoms with Crippen molar-refractivity contribution in [3.63, 3.8) is 0 Å². The standard InChI is InChI=1S/C21H33ClN4O3/c1-7-29-19-18(24-15-9-13-8-14(12(15)4)21(13,5)6)17(22)20(28)26(25-19)10-16(27)23-11(2)3/h11-15,24H,7-10H2,1-6H3,(H,23,27)/t12-,13-,14+,15-/m1/s1. The van der Waals surface area contributed by atoms with Gasteiger partial charge in [0.2, 0.25) is 5.91 Å². The van der Waals surface area contributed by atoms with Gasteiger partial charge in [-0.25, -0.2) is 4.68 Å². The van der Waals surface area contributed by atoms with Gasteiger partial charge in [0.05, 0.1) is 6.61 Å². The molecule has 3 saturated carbocycles. The molecule has 7 nitrogen and oxygen atoms in total. The molecular formula is C21H33ClN4O3. The summed E-state index contributed by atoms with van der Waals surface area (Å²) >= 11 is 6.45. The fraction of sp³-hybridized carbons (Fsp3) is 0.762. The highest BCUT2D eigenvalue weighted by molar-refractivity contribution is 6.33. The minimum absolute atomic E-state index is 0.0199. The molecule has 4 rings (SSSR count). The van der Waals surface area contributed by atoms with Crippen LogP contribution in [-0.2, 0) is 11.3 Å². The normalized spacial score (nSPS) is 27.3. The molecule has 0 aromatic carbocycles. The summed E-state index contributed by atoms with van der Waals surface area (Å²) in [5.74, 6) is 1.75. The van der Waals surface area contributed by atoms with Crippen molar-refractivity contribution >= 4 is 23.2 Å². The third kappa shape index (κ3) is 4.11. The highest BCUT2D eigenvalue weighted by Gasteiger charge is 2.56. The first kappa shape index (κ1) is 21.9. The molecule has 1 heterocycles. The van der Waals surface area contributed by atoms with Crippen LogP contribution in [0.3, 0.4) is 0 Å². The first-order valence-corrected chi connectivity index (χ1v) is 10.9. The molecule has 2 N–H and O–H groups in total. The molecule has 162 valence electrons. The quantitative estimate of drug-likeness (QED) is 0.701. The van der Waals surface area contributed by atoms with Crippen molar-refractivity contribution in [1.82, 2.24) is 15.1 Å². The predicted molar refractivity (Wildman–Crippen MR) is 115 cm³/mol. The van der Waals surface area contributed by atoms with E-state index in [0.717, 1.165) is 11.1 Å². The van der Waals surface area contributed by atoms with Crippen molar-refractivity contribution in [3.05, 3.63) is 15.4 Å². The van der Waals surface area contributed by atoms with Gasteiger partial charge in [0, 0.05) is 12.1 Å². The van der Waals surface area contributed by atoms with Gasteiger partial charge in [0.25, 0.3) is 11.4 Å². The van der Waals surface area contributed by atoms with E-state index < -0.39 is 5.56 Å². The molecule has 0 saturated heterocycles. The fourth-order valence-electron chi connectivity index (χ4n) is 5.02. The molecule has 0 aliphatic heterocycles. The summed E-state index contributed by atoms with van der Waals surface area (Å²) in [6, 6.07) is 0.189. The smallest absolute Gasteiger partial charge is 0.288 e. The zero-order valence-electron chi connectivity index (χ0n) is 18.2. The van der Waals surface area contributed by atoms with Crippen LogP contribution in [-0.4, -0.2) is 34.4 Å². The summed E-state index contributed by atoms with van der Waals surface area (Å²) in [6.07, 6.45) is 2.30. The molecule has 2 bridgehead atoms. The van der Waals surface area contributed by atoms with Crippen LogP contribution in [0.4, 0.5) is 5.69 Å². The average molecular weight is 425 g/mol. The molecule has 3 aliphatic carbocycles. The Morgan fingerprint density at radius 2 is 2.07 bits per heavy atom. The van der Waals surface area contributed by atoms with Crippen LogP contribution in [0.15, 0.2) is 4.79 Å². The van der Waals surface area contributed by atoms with Crippen molar-refractivity contribution < 1.29 is 9.53 Å². The second-order valence-corrected chi connectivity index (χ2v) is 9.70. The zero-order valence-corrected chi connectivity index (χ0v) is 19.0. The molecule has 3 fully saturated rings. The maximum Gasteiger partial charge on any atom is 0.288 e. The van der Waals surface area contributed by atoms with Crippen LogP contribution in [0.2, 0.25) is 5.02 Å². The Morgan fingerprint density at radius 3 is 2.62 bits per heavy atom. The van der Waals surface area contributed by atoms with Crippen LogP contribution < -0.4 is 20.9 Å². The van der Waals surface area contributed by atoms with Crippen LogP contribution >= 0.6 is 11.6 Å². The Morgan fingerprint density at radius 1 is 1.38 bits per heavy atom. The van der Waals surface area contributed by atoms with E-state index in [2.05, 4.69) is 36.5 Å². The van der Waals surface area contributed by atoms with Crippen molar-refractivity contribution in [2.75, 3.05) is 11.9 Å².